The molecule has 4 heteroatoms. The van der Waals surface area contributed by atoms with E-state index in [1.54, 1.807) is 0 Å². The number of hydrogen-bond donors (Lipinski definition) is 0. The Morgan fingerprint density at radius 1 is 0.373 bits per heavy atom. The largest absolute Gasteiger partial charge is 0.228 e. The predicted molar refractivity (Wildman–Crippen MR) is 246 cm³/mol. The Morgan fingerprint density at radius 3 is 1.75 bits per heavy atom. The first-order chi connectivity index (χ1) is 29.2. The van der Waals surface area contributed by atoms with Crippen LogP contribution in [0.25, 0.3) is 77.4 Å². The van der Waals surface area contributed by atoms with Crippen LogP contribution in [0.4, 0.5) is 0 Å². The first kappa shape index (κ1) is 34.2. The van der Waals surface area contributed by atoms with E-state index in [2.05, 4.69) is 181 Å². The van der Waals surface area contributed by atoms with Crippen molar-refractivity contribution in [2.45, 2.75) is 15.2 Å². The first-order valence-corrected chi connectivity index (χ1v) is 21.7. The number of fused-ring (bicyclic) bond motifs is 11. The number of aromatic nitrogens is 2. The molecular weight excluding hydrogens is 753 g/mol. The molecule has 0 amide bonds. The van der Waals surface area contributed by atoms with Gasteiger partial charge in [0.2, 0.25) is 0 Å². The fourth-order valence-corrected chi connectivity index (χ4v) is 11.4. The minimum absolute atomic E-state index is 0.435. The summed E-state index contributed by atoms with van der Waals surface area (Å²) < 4.78 is 1.33. The second-order valence-corrected chi connectivity index (χ2v) is 17.3. The fraction of sp³-hybridized carbons (Fsp3) is 0.0182. The van der Waals surface area contributed by atoms with E-state index in [0.29, 0.717) is 5.82 Å². The van der Waals surface area contributed by atoms with Crippen LogP contribution in [0.15, 0.2) is 215 Å². The van der Waals surface area contributed by atoms with Gasteiger partial charge in [-0.15, -0.1) is 11.3 Å². The van der Waals surface area contributed by atoms with Crippen LogP contribution in [0.2, 0.25) is 0 Å². The zero-order valence-corrected chi connectivity index (χ0v) is 33.5. The summed E-state index contributed by atoms with van der Waals surface area (Å²) in [6.07, 6.45) is 0. The Morgan fingerprint density at radius 2 is 0.966 bits per heavy atom. The molecule has 10 aromatic rings. The van der Waals surface area contributed by atoms with Crippen molar-refractivity contribution in [3.8, 4) is 67.3 Å². The molecule has 0 radical (unpaired) electrons. The van der Waals surface area contributed by atoms with Crippen molar-refractivity contribution >= 4 is 33.2 Å². The van der Waals surface area contributed by atoms with Crippen molar-refractivity contribution in [1.82, 2.24) is 9.97 Å². The lowest BCUT2D eigenvalue weighted by molar-refractivity contribution is 0.723. The maximum Gasteiger partial charge on any atom is 0.160 e. The Bertz CT molecular complexity index is 3200. The molecule has 0 N–H and O–H groups in total. The molecule has 0 saturated carbocycles. The van der Waals surface area contributed by atoms with Crippen LogP contribution in [0.5, 0.6) is 0 Å². The summed E-state index contributed by atoms with van der Waals surface area (Å²) in [6.45, 7) is 0. The molecule has 1 aliphatic heterocycles. The summed E-state index contributed by atoms with van der Waals surface area (Å²) in [5.74, 6) is 0.715. The van der Waals surface area contributed by atoms with Crippen LogP contribution in [0, 0.1) is 0 Å². The fourth-order valence-electron chi connectivity index (χ4n) is 9.43. The average Bonchev–Trinajstić information content (AvgIpc) is 3.91. The Balaban J connectivity index is 0.988. The van der Waals surface area contributed by atoms with Gasteiger partial charge in [0, 0.05) is 36.6 Å². The van der Waals surface area contributed by atoms with E-state index in [-0.39, 0.29) is 0 Å². The zero-order valence-electron chi connectivity index (χ0n) is 31.8. The van der Waals surface area contributed by atoms with Gasteiger partial charge in [0.1, 0.15) is 0 Å². The molecule has 1 unspecified atom stereocenters. The Hall–Kier alpha value is -6.85. The van der Waals surface area contributed by atoms with Gasteiger partial charge in [-0.3, -0.25) is 0 Å². The SMILES string of the molecule is c1ccc(-c2cc(-c3cccc(-c4cccc(-c5ccc6c(c5)C5(c7ccccc7S6)c6ccccc6-c6c5ccc5sccc65)c4)c3)nc(-c3ccccc3)n2)cc1. The van der Waals surface area contributed by atoms with Gasteiger partial charge >= 0.3 is 0 Å². The molecule has 1 atom stereocenters. The average molecular weight is 787 g/mol. The van der Waals surface area contributed by atoms with Crippen molar-refractivity contribution < 1.29 is 0 Å². The monoisotopic (exact) mass is 786 g/mol. The molecule has 2 aromatic heterocycles. The van der Waals surface area contributed by atoms with Gasteiger partial charge in [0.05, 0.1) is 16.8 Å². The molecule has 276 valence electrons. The standard InChI is InChI=1S/C55H34N2S2/c1-3-13-35(14-4-1)48-34-49(57-54(56-48)36-15-5-2-6-16-36)41-20-12-19-39(32-41)37-17-11-18-38(31-37)40-25-27-52-47(33-40)55(45-23-9-10-24-51(45)59-52)44-22-8-7-21-42(44)53-43-29-30-58-50(43)28-26-46(53)55/h1-34H. The highest BCUT2D eigenvalue weighted by Gasteiger charge is 2.50. The van der Waals surface area contributed by atoms with Crippen LogP contribution in [0.1, 0.15) is 22.3 Å². The highest BCUT2D eigenvalue weighted by molar-refractivity contribution is 7.99. The summed E-state index contributed by atoms with van der Waals surface area (Å²) in [7, 11) is 0. The quantitative estimate of drug-likeness (QED) is 0.174. The summed E-state index contributed by atoms with van der Waals surface area (Å²) in [5, 5.41) is 3.57. The topological polar surface area (TPSA) is 25.8 Å². The zero-order chi connectivity index (χ0) is 38.9. The molecule has 3 heterocycles. The van der Waals surface area contributed by atoms with Crippen molar-refractivity contribution in [1.29, 1.82) is 0 Å². The van der Waals surface area contributed by atoms with E-state index < -0.39 is 5.41 Å². The van der Waals surface area contributed by atoms with E-state index >= 15 is 0 Å². The van der Waals surface area contributed by atoms with Crippen LogP contribution in [-0.2, 0) is 5.41 Å². The van der Waals surface area contributed by atoms with Crippen LogP contribution in [-0.4, -0.2) is 9.97 Å². The molecule has 0 bridgehead atoms. The lowest BCUT2D eigenvalue weighted by Crippen LogP contribution is -2.32. The normalized spacial score (nSPS) is 14.8. The number of thiophene rings is 1. The van der Waals surface area contributed by atoms with Gasteiger partial charge in [0.15, 0.2) is 5.82 Å². The molecule has 8 aromatic carbocycles. The lowest BCUT2D eigenvalue weighted by Gasteiger charge is -2.40. The van der Waals surface area contributed by atoms with Crippen LogP contribution in [0.3, 0.4) is 0 Å². The minimum atomic E-state index is -0.435. The third kappa shape index (κ3) is 5.41. The van der Waals surface area contributed by atoms with Crippen molar-refractivity contribution in [2.75, 3.05) is 0 Å². The minimum Gasteiger partial charge on any atom is -0.228 e. The molecule has 0 fully saturated rings. The van der Waals surface area contributed by atoms with Gasteiger partial charge in [-0.2, -0.15) is 0 Å². The summed E-state index contributed by atoms with van der Waals surface area (Å²) >= 11 is 3.71. The van der Waals surface area contributed by atoms with Crippen molar-refractivity contribution in [3.63, 3.8) is 0 Å². The first-order valence-electron chi connectivity index (χ1n) is 20.0. The van der Waals surface area contributed by atoms with Gasteiger partial charge in [-0.1, -0.05) is 163 Å². The highest BCUT2D eigenvalue weighted by atomic mass is 32.2. The smallest absolute Gasteiger partial charge is 0.160 e. The number of hydrogen-bond acceptors (Lipinski definition) is 4. The number of rotatable bonds is 5. The Labute approximate surface area is 351 Å². The predicted octanol–water partition coefficient (Wildman–Crippen LogP) is 14.9. The third-order valence-electron chi connectivity index (χ3n) is 12.0. The Kier molecular flexibility index (Phi) is 7.90. The molecule has 59 heavy (non-hydrogen) atoms. The molecule has 0 saturated heterocycles. The van der Waals surface area contributed by atoms with Gasteiger partial charge in [0.25, 0.3) is 0 Å². The molecule has 1 spiro atoms. The third-order valence-corrected chi connectivity index (χ3v) is 14.1. The maximum atomic E-state index is 5.12. The van der Waals surface area contributed by atoms with Gasteiger partial charge < -0.3 is 0 Å². The van der Waals surface area contributed by atoms with E-state index in [4.69, 9.17) is 9.97 Å². The summed E-state index contributed by atoms with van der Waals surface area (Å²) in [4.78, 5) is 12.8. The van der Waals surface area contributed by atoms with Crippen molar-refractivity contribution in [2.24, 2.45) is 0 Å². The number of nitrogens with zero attached hydrogens (tertiary/aromatic N) is 2. The number of benzene rings is 8. The molecule has 1 aliphatic carbocycles. The molecular formula is C55H34N2S2. The maximum absolute atomic E-state index is 5.12. The van der Waals surface area contributed by atoms with Crippen molar-refractivity contribution in [3.05, 3.63) is 228 Å². The summed E-state index contributed by atoms with van der Waals surface area (Å²) in [5.41, 5.74) is 17.3. The van der Waals surface area contributed by atoms with E-state index in [1.165, 1.54) is 64.4 Å². The van der Waals surface area contributed by atoms with E-state index in [1.807, 2.05) is 47.4 Å². The molecule has 2 aliphatic rings. The summed E-state index contributed by atoms with van der Waals surface area (Å²) in [6, 6.07) is 72.8. The van der Waals surface area contributed by atoms with Gasteiger partial charge in [-0.05, 0) is 110 Å². The second-order valence-electron chi connectivity index (χ2n) is 15.3. The molecule has 12 rings (SSSR count). The van der Waals surface area contributed by atoms with E-state index in [9.17, 15) is 0 Å². The second kappa shape index (κ2) is 13.6. The van der Waals surface area contributed by atoms with Crippen LogP contribution >= 0.6 is 23.1 Å². The van der Waals surface area contributed by atoms with Crippen LogP contribution < -0.4 is 0 Å². The molecule has 2 nitrogen and oxygen atoms in total. The van der Waals surface area contributed by atoms with E-state index in [0.717, 1.165) is 39.2 Å². The lowest BCUT2D eigenvalue weighted by atomic mass is 9.67. The highest BCUT2D eigenvalue weighted by Crippen LogP contribution is 2.63. The van der Waals surface area contributed by atoms with Gasteiger partial charge in [-0.25, -0.2) is 9.97 Å².